The lowest BCUT2D eigenvalue weighted by molar-refractivity contribution is -0.140. The zero-order valence-electron chi connectivity index (χ0n) is 17.9. The maximum absolute atomic E-state index is 12.8. The number of nitrogens with zero attached hydrogens (tertiary/aromatic N) is 1. The summed E-state index contributed by atoms with van der Waals surface area (Å²) in [5.74, 6) is -1.29. The highest BCUT2D eigenvalue weighted by Crippen LogP contribution is 2.46. The maximum atomic E-state index is 12.8. The van der Waals surface area contributed by atoms with Gasteiger partial charge in [-0.2, -0.15) is 0 Å². The van der Waals surface area contributed by atoms with Crippen molar-refractivity contribution >= 4 is 18.2 Å². The van der Waals surface area contributed by atoms with Crippen molar-refractivity contribution in [2.45, 2.75) is 38.5 Å². The second-order valence-electron chi connectivity index (χ2n) is 8.24. The van der Waals surface area contributed by atoms with Gasteiger partial charge in [0, 0.05) is 0 Å². The molecule has 164 valence electrons. The number of carboxylic acids is 1. The summed E-state index contributed by atoms with van der Waals surface area (Å²) in [7, 11) is 1.24. The molecule has 3 rings (SSSR count). The number of carbonyl (C=O) groups is 3. The molecular formula is C23H26N2O6. The lowest BCUT2D eigenvalue weighted by Crippen LogP contribution is -2.51. The fourth-order valence-electron chi connectivity index (χ4n) is 3.70. The SMILES string of the molecule is COC(=O)N(C[C@@H](NC(=O)OC(C)(C)C)C(=O)O)C1c2ccccc2-c2ccccc21. The van der Waals surface area contributed by atoms with E-state index >= 15 is 0 Å². The van der Waals surface area contributed by atoms with Gasteiger partial charge >= 0.3 is 18.2 Å². The first-order chi connectivity index (χ1) is 14.6. The van der Waals surface area contributed by atoms with E-state index in [0.29, 0.717) is 0 Å². The van der Waals surface area contributed by atoms with Gasteiger partial charge in [0.05, 0.1) is 19.7 Å². The van der Waals surface area contributed by atoms with E-state index in [2.05, 4.69) is 5.32 Å². The molecule has 2 amide bonds. The van der Waals surface area contributed by atoms with Crippen molar-refractivity contribution in [1.29, 1.82) is 0 Å². The van der Waals surface area contributed by atoms with Gasteiger partial charge in [0.1, 0.15) is 11.6 Å². The monoisotopic (exact) mass is 426 g/mol. The van der Waals surface area contributed by atoms with Crippen LogP contribution in [0, 0.1) is 0 Å². The number of carboxylic acid groups (broad SMARTS) is 1. The molecule has 0 bridgehead atoms. The summed E-state index contributed by atoms with van der Waals surface area (Å²) in [6.45, 7) is 4.72. The molecule has 0 fully saturated rings. The molecule has 1 aliphatic carbocycles. The van der Waals surface area contributed by atoms with Gasteiger partial charge < -0.3 is 19.9 Å². The van der Waals surface area contributed by atoms with Crippen molar-refractivity contribution in [3.05, 3.63) is 59.7 Å². The summed E-state index contributed by atoms with van der Waals surface area (Å²) in [5, 5.41) is 12.1. The molecule has 0 aromatic heterocycles. The highest BCUT2D eigenvalue weighted by Gasteiger charge is 2.38. The molecule has 1 aliphatic rings. The second-order valence-corrected chi connectivity index (χ2v) is 8.24. The average Bonchev–Trinajstić information content (AvgIpc) is 3.03. The van der Waals surface area contributed by atoms with E-state index in [4.69, 9.17) is 9.47 Å². The number of methoxy groups -OCH3 is 1. The van der Waals surface area contributed by atoms with E-state index < -0.39 is 35.8 Å². The third kappa shape index (κ3) is 4.79. The minimum Gasteiger partial charge on any atom is -0.480 e. The van der Waals surface area contributed by atoms with Crippen LogP contribution in [0.4, 0.5) is 9.59 Å². The number of alkyl carbamates (subject to hydrolysis) is 1. The molecule has 0 unspecified atom stereocenters. The Labute approximate surface area is 180 Å². The first-order valence-electron chi connectivity index (χ1n) is 9.87. The Hall–Kier alpha value is -3.55. The highest BCUT2D eigenvalue weighted by atomic mass is 16.6. The molecule has 8 nitrogen and oxygen atoms in total. The van der Waals surface area contributed by atoms with E-state index in [-0.39, 0.29) is 6.54 Å². The summed E-state index contributed by atoms with van der Waals surface area (Å²) in [4.78, 5) is 38.2. The Kier molecular flexibility index (Phi) is 6.19. The lowest BCUT2D eigenvalue weighted by Gasteiger charge is -2.32. The molecule has 0 spiro atoms. The van der Waals surface area contributed by atoms with Crippen LogP contribution in [0.15, 0.2) is 48.5 Å². The van der Waals surface area contributed by atoms with Gasteiger partial charge in [-0.05, 0) is 43.0 Å². The van der Waals surface area contributed by atoms with Crippen LogP contribution < -0.4 is 5.32 Å². The van der Waals surface area contributed by atoms with Crippen molar-refractivity contribution in [3.8, 4) is 11.1 Å². The molecular weight excluding hydrogens is 400 g/mol. The molecule has 0 saturated carbocycles. The first kappa shape index (κ1) is 22.1. The van der Waals surface area contributed by atoms with E-state index in [1.807, 2.05) is 48.5 Å². The summed E-state index contributed by atoms with van der Waals surface area (Å²) in [5.41, 5.74) is 2.84. The summed E-state index contributed by atoms with van der Waals surface area (Å²) < 4.78 is 10.1. The van der Waals surface area contributed by atoms with Gasteiger partial charge in [0.25, 0.3) is 0 Å². The molecule has 2 N–H and O–H groups in total. The summed E-state index contributed by atoms with van der Waals surface area (Å²) in [6.07, 6.45) is -1.58. The van der Waals surface area contributed by atoms with Crippen LogP contribution in [0.25, 0.3) is 11.1 Å². The fourth-order valence-corrected chi connectivity index (χ4v) is 3.70. The molecule has 0 radical (unpaired) electrons. The van der Waals surface area contributed by atoms with Crippen LogP contribution in [0.5, 0.6) is 0 Å². The Morgan fingerprint density at radius 2 is 1.55 bits per heavy atom. The molecule has 1 atom stereocenters. The normalized spacial score (nSPS) is 13.5. The molecule has 2 aromatic rings. The summed E-state index contributed by atoms with van der Waals surface area (Å²) in [6, 6.07) is 13.3. The fraction of sp³-hybridized carbons (Fsp3) is 0.348. The smallest absolute Gasteiger partial charge is 0.410 e. The van der Waals surface area contributed by atoms with Crippen LogP contribution in [0.1, 0.15) is 37.9 Å². The molecule has 0 aliphatic heterocycles. The van der Waals surface area contributed by atoms with Gasteiger partial charge in [0.15, 0.2) is 0 Å². The molecule has 0 heterocycles. The third-order valence-corrected chi connectivity index (χ3v) is 4.89. The number of carbonyl (C=O) groups excluding carboxylic acids is 2. The van der Waals surface area contributed by atoms with Crippen LogP contribution in [0.3, 0.4) is 0 Å². The topological polar surface area (TPSA) is 105 Å². The standard InChI is InChI=1S/C23H26N2O6/c1-23(2,3)31-21(28)24-18(20(26)27)13-25(22(29)30-4)19-16-11-7-5-9-14(16)15-10-6-8-12-17(15)19/h5-12,18-19H,13H2,1-4H3,(H,24,28)(H,26,27)/t18-/m1/s1. The largest absolute Gasteiger partial charge is 0.480 e. The van der Waals surface area contributed by atoms with Gasteiger partial charge in [-0.3, -0.25) is 4.90 Å². The Morgan fingerprint density at radius 1 is 1.03 bits per heavy atom. The molecule has 0 saturated heterocycles. The molecule has 2 aromatic carbocycles. The Balaban J connectivity index is 1.96. The first-order valence-corrected chi connectivity index (χ1v) is 9.87. The van der Waals surface area contributed by atoms with E-state index in [9.17, 15) is 19.5 Å². The highest BCUT2D eigenvalue weighted by molar-refractivity contribution is 5.83. The van der Waals surface area contributed by atoms with E-state index in [0.717, 1.165) is 22.3 Å². The van der Waals surface area contributed by atoms with Gasteiger partial charge in [-0.25, -0.2) is 14.4 Å². The summed E-state index contributed by atoms with van der Waals surface area (Å²) >= 11 is 0. The number of nitrogens with one attached hydrogen (secondary N) is 1. The number of fused-ring (bicyclic) bond motifs is 3. The zero-order chi connectivity index (χ0) is 22.8. The number of amides is 2. The number of hydrogen-bond donors (Lipinski definition) is 2. The van der Waals surface area contributed by atoms with Crippen LogP contribution >= 0.6 is 0 Å². The van der Waals surface area contributed by atoms with Gasteiger partial charge in [-0.15, -0.1) is 0 Å². The predicted molar refractivity (Wildman–Crippen MR) is 114 cm³/mol. The number of aliphatic carboxylic acids is 1. The maximum Gasteiger partial charge on any atom is 0.410 e. The molecule has 31 heavy (non-hydrogen) atoms. The quantitative estimate of drug-likeness (QED) is 0.753. The Morgan fingerprint density at radius 3 is 2.00 bits per heavy atom. The van der Waals surface area contributed by atoms with Crippen molar-refractivity contribution in [2.24, 2.45) is 0 Å². The minimum atomic E-state index is -1.39. The predicted octanol–water partition coefficient (Wildman–Crippen LogP) is 3.80. The Bertz CT molecular complexity index is 952. The van der Waals surface area contributed by atoms with E-state index in [1.54, 1.807) is 20.8 Å². The van der Waals surface area contributed by atoms with Crippen molar-refractivity contribution in [2.75, 3.05) is 13.7 Å². The number of ether oxygens (including phenoxy) is 2. The van der Waals surface area contributed by atoms with Crippen molar-refractivity contribution in [1.82, 2.24) is 10.2 Å². The molecule has 8 heteroatoms. The third-order valence-electron chi connectivity index (χ3n) is 4.89. The van der Waals surface area contributed by atoms with Crippen LogP contribution in [0.2, 0.25) is 0 Å². The van der Waals surface area contributed by atoms with E-state index in [1.165, 1.54) is 12.0 Å². The number of benzene rings is 2. The lowest BCUT2D eigenvalue weighted by atomic mass is 10.0. The number of hydrogen-bond acceptors (Lipinski definition) is 5. The van der Waals surface area contributed by atoms with Crippen molar-refractivity contribution < 1.29 is 29.0 Å². The minimum absolute atomic E-state index is 0.311. The van der Waals surface area contributed by atoms with Gasteiger partial charge in [-0.1, -0.05) is 48.5 Å². The number of rotatable bonds is 5. The zero-order valence-corrected chi connectivity index (χ0v) is 17.9. The van der Waals surface area contributed by atoms with Crippen LogP contribution in [-0.4, -0.2) is 53.5 Å². The second kappa shape index (κ2) is 8.67. The van der Waals surface area contributed by atoms with Crippen molar-refractivity contribution in [3.63, 3.8) is 0 Å². The van der Waals surface area contributed by atoms with Crippen LogP contribution in [-0.2, 0) is 14.3 Å². The average molecular weight is 426 g/mol. The van der Waals surface area contributed by atoms with Gasteiger partial charge in [0.2, 0.25) is 0 Å².